The van der Waals surface area contributed by atoms with E-state index >= 15 is 0 Å². The van der Waals surface area contributed by atoms with E-state index in [2.05, 4.69) is 34.0 Å². The van der Waals surface area contributed by atoms with Crippen molar-refractivity contribution < 1.29 is 9.53 Å². The summed E-state index contributed by atoms with van der Waals surface area (Å²) >= 11 is 0. The molecule has 6 heteroatoms. The van der Waals surface area contributed by atoms with Gasteiger partial charge in [-0.2, -0.15) is 0 Å². The van der Waals surface area contributed by atoms with Gasteiger partial charge in [-0.05, 0) is 38.2 Å². The average molecular weight is 316 g/mol. The summed E-state index contributed by atoms with van der Waals surface area (Å²) < 4.78 is 5.00. The monoisotopic (exact) mass is 316 g/mol. The molecule has 0 aromatic carbocycles. The molecule has 2 N–H and O–H groups in total. The Balaban J connectivity index is 2.03. The van der Waals surface area contributed by atoms with Crippen LogP contribution >= 0.6 is 0 Å². The van der Waals surface area contributed by atoms with E-state index in [9.17, 15) is 4.79 Å². The van der Waals surface area contributed by atoms with Gasteiger partial charge in [-0.3, -0.25) is 5.32 Å². The van der Waals surface area contributed by atoms with Crippen molar-refractivity contribution in [1.82, 2.24) is 9.97 Å². The van der Waals surface area contributed by atoms with E-state index in [1.165, 1.54) is 12.8 Å². The number of carbonyl (C=O) groups excluding carboxylic acids is 1. The fourth-order valence-electron chi connectivity index (χ4n) is 3.35. The zero-order chi connectivity index (χ0) is 16.4. The maximum atomic E-state index is 11.8. The van der Waals surface area contributed by atoms with Crippen LogP contribution in [0.3, 0.4) is 0 Å². The van der Waals surface area contributed by atoms with Crippen LogP contribution in [0, 0.1) is 12.8 Å². The number of hydrogen-bond acceptors (Lipinski definition) is 4. The third-order valence-corrected chi connectivity index (χ3v) is 4.34. The number of amides is 1. The second-order valence-corrected chi connectivity index (χ2v) is 6.25. The molecular weight excluding hydrogens is 292 g/mol. The number of rotatable bonds is 3. The van der Waals surface area contributed by atoms with E-state index in [1.807, 2.05) is 6.20 Å². The number of H-pyrrole nitrogens is 1. The highest BCUT2D eigenvalue weighted by Crippen LogP contribution is 2.36. The molecule has 0 unspecified atom stereocenters. The van der Waals surface area contributed by atoms with Gasteiger partial charge in [0.2, 0.25) is 0 Å². The molecule has 3 heterocycles. The predicted octanol–water partition coefficient (Wildman–Crippen LogP) is 3.68. The lowest BCUT2D eigenvalue weighted by Gasteiger charge is -2.34. The Morgan fingerprint density at radius 3 is 3.13 bits per heavy atom. The molecule has 0 aliphatic carbocycles. The number of aromatic amines is 1. The van der Waals surface area contributed by atoms with Gasteiger partial charge in [-0.1, -0.05) is 6.92 Å². The highest BCUT2D eigenvalue weighted by Gasteiger charge is 2.23. The second kappa shape index (κ2) is 6.48. The molecule has 1 aliphatic rings. The third-order valence-electron chi connectivity index (χ3n) is 4.34. The summed E-state index contributed by atoms with van der Waals surface area (Å²) in [5.41, 5.74) is 3.80. The van der Waals surface area contributed by atoms with Crippen molar-refractivity contribution in [2.24, 2.45) is 5.92 Å². The van der Waals surface area contributed by atoms with Crippen LogP contribution in [0.15, 0.2) is 12.4 Å². The molecule has 3 rings (SSSR count). The largest absolute Gasteiger partial charge is 0.450 e. The summed E-state index contributed by atoms with van der Waals surface area (Å²) in [6, 6.07) is 0. The van der Waals surface area contributed by atoms with Crippen LogP contribution < -0.4 is 10.2 Å². The molecule has 6 nitrogen and oxygen atoms in total. The minimum absolute atomic E-state index is 0.349. The first-order valence-corrected chi connectivity index (χ1v) is 8.25. The number of carbonyl (C=O) groups is 1. The highest BCUT2D eigenvalue weighted by molar-refractivity contribution is 6.05. The van der Waals surface area contributed by atoms with E-state index in [-0.39, 0.29) is 0 Å². The van der Waals surface area contributed by atoms with Gasteiger partial charge in [0.05, 0.1) is 23.4 Å². The normalized spacial score (nSPS) is 18.2. The molecule has 23 heavy (non-hydrogen) atoms. The average Bonchev–Trinajstić information content (AvgIpc) is 2.90. The summed E-state index contributed by atoms with van der Waals surface area (Å²) in [6.07, 6.45) is 5.69. The van der Waals surface area contributed by atoms with Crippen molar-refractivity contribution in [1.29, 1.82) is 0 Å². The maximum Gasteiger partial charge on any atom is 0.411 e. The van der Waals surface area contributed by atoms with Crippen LogP contribution in [0.25, 0.3) is 11.0 Å². The number of aromatic nitrogens is 2. The number of pyridine rings is 1. The van der Waals surface area contributed by atoms with Crippen LogP contribution in [0.1, 0.15) is 32.3 Å². The Morgan fingerprint density at radius 1 is 1.57 bits per heavy atom. The van der Waals surface area contributed by atoms with Crippen LogP contribution in [0.4, 0.5) is 16.2 Å². The Bertz CT molecular complexity index is 710. The number of nitrogens with one attached hydrogen (secondary N) is 2. The number of hydrogen-bond donors (Lipinski definition) is 2. The van der Waals surface area contributed by atoms with Gasteiger partial charge >= 0.3 is 6.09 Å². The van der Waals surface area contributed by atoms with Crippen molar-refractivity contribution >= 4 is 28.5 Å². The van der Waals surface area contributed by atoms with Crippen molar-refractivity contribution in [3.63, 3.8) is 0 Å². The molecule has 2 aromatic rings. The smallest absolute Gasteiger partial charge is 0.411 e. The van der Waals surface area contributed by atoms with E-state index in [1.54, 1.807) is 13.1 Å². The molecule has 124 valence electrons. The predicted molar refractivity (Wildman–Crippen MR) is 92.1 cm³/mol. The third kappa shape index (κ3) is 3.11. The van der Waals surface area contributed by atoms with Crippen LogP contribution in [0.5, 0.6) is 0 Å². The van der Waals surface area contributed by atoms with Crippen molar-refractivity contribution in [3.05, 3.63) is 18.0 Å². The number of fused-ring (bicyclic) bond motifs is 1. The highest BCUT2D eigenvalue weighted by atomic mass is 16.5. The molecule has 0 spiro atoms. The summed E-state index contributed by atoms with van der Waals surface area (Å²) in [6.45, 7) is 8.57. The van der Waals surface area contributed by atoms with Gasteiger partial charge in [0.25, 0.3) is 0 Å². The summed E-state index contributed by atoms with van der Waals surface area (Å²) in [7, 11) is 0. The first-order valence-electron chi connectivity index (χ1n) is 8.25. The lowest BCUT2D eigenvalue weighted by atomic mass is 9.98. The molecule has 1 fully saturated rings. The Morgan fingerprint density at radius 2 is 2.39 bits per heavy atom. The topological polar surface area (TPSA) is 70.2 Å². The van der Waals surface area contributed by atoms with Crippen LogP contribution in [0.2, 0.25) is 0 Å². The minimum atomic E-state index is -0.437. The fraction of sp³-hybridized carbons (Fsp3) is 0.529. The van der Waals surface area contributed by atoms with E-state index in [0.29, 0.717) is 12.5 Å². The van der Waals surface area contributed by atoms with Gasteiger partial charge < -0.3 is 14.6 Å². The van der Waals surface area contributed by atoms with E-state index in [4.69, 9.17) is 4.74 Å². The van der Waals surface area contributed by atoms with Crippen molar-refractivity contribution in [2.45, 2.75) is 33.6 Å². The Kier molecular flexibility index (Phi) is 4.41. The molecule has 0 bridgehead atoms. The van der Waals surface area contributed by atoms with Crippen LogP contribution in [-0.2, 0) is 4.74 Å². The zero-order valence-electron chi connectivity index (χ0n) is 14.0. The van der Waals surface area contributed by atoms with E-state index < -0.39 is 6.09 Å². The summed E-state index contributed by atoms with van der Waals surface area (Å²) in [4.78, 5) is 21.8. The van der Waals surface area contributed by atoms with Gasteiger partial charge in [0, 0.05) is 25.5 Å². The first-order chi connectivity index (χ1) is 11.1. The fourth-order valence-corrected chi connectivity index (χ4v) is 3.35. The molecule has 0 saturated carbocycles. The van der Waals surface area contributed by atoms with Gasteiger partial charge in [0.15, 0.2) is 0 Å². The summed E-state index contributed by atoms with van der Waals surface area (Å²) in [5.74, 6) is 0.673. The van der Waals surface area contributed by atoms with Crippen molar-refractivity contribution in [2.75, 3.05) is 29.9 Å². The summed E-state index contributed by atoms with van der Waals surface area (Å²) in [5, 5.41) is 3.79. The lowest BCUT2D eigenvalue weighted by molar-refractivity contribution is 0.168. The molecule has 1 saturated heterocycles. The maximum absolute atomic E-state index is 11.8. The first kappa shape index (κ1) is 15.6. The van der Waals surface area contributed by atoms with Crippen LogP contribution in [-0.4, -0.2) is 35.8 Å². The van der Waals surface area contributed by atoms with Crippen molar-refractivity contribution in [3.8, 4) is 0 Å². The minimum Gasteiger partial charge on any atom is -0.450 e. The second-order valence-electron chi connectivity index (χ2n) is 6.25. The zero-order valence-corrected chi connectivity index (χ0v) is 14.0. The quantitative estimate of drug-likeness (QED) is 0.906. The Hall–Kier alpha value is -2.24. The van der Waals surface area contributed by atoms with Gasteiger partial charge in [-0.25, -0.2) is 9.78 Å². The number of anilines is 2. The number of ether oxygens (including phenoxy) is 1. The SMILES string of the molecule is CCOC(=O)Nc1c[nH]c2ncc(C)c(N3CCC[C@@H](C)C3)c12. The molecule has 0 radical (unpaired) electrons. The molecule has 1 amide bonds. The molecule has 1 atom stereocenters. The van der Waals surface area contributed by atoms with Gasteiger partial charge in [0.1, 0.15) is 5.65 Å². The standard InChI is InChI=1S/C17H24N4O2/c1-4-23-17(22)20-13-9-19-16-14(13)15(12(3)8-18-16)21-7-5-6-11(2)10-21/h8-9,11H,4-7,10H2,1-3H3,(H,18,19)(H,20,22)/t11-/m1/s1. The Labute approximate surface area is 136 Å². The number of piperidine rings is 1. The number of aryl methyl sites for hydroxylation is 1. The number of nitrogens with zero attached hydrogens (tertiary/aromatic N) is 2. The molecule has 2 aromatic heterocycles. The lowest BCUT2D eigenvalue weighted by Crippen LogP contribution is -2.34. The van der Waals surface area contributed by atoms with E-state index in [0.717, 1.165) is 41.1 Å². The molecule has 1 aliphatic heterocycles. The molecular formula is C17H24N4O2. The van der Waals surface area contributed by atoms with Gasteiger partial charge in [-0.15, -0.1) is 0 Å².